The minimum atomic E-state index is -4.51. The molecule has 3 rings (SSSR count). The van der Waals surface area contributed by atoms with E-state index in [1.54, 1.807) is 23.9 Å². The number of rotatable bonds is 6. The van der Waals surface area contributed by atoms with Gasteiger partial charge in [0.05, 0.1) is 17.5 Å². The van der Waals surface area contributed by atoms with Crippen molar-refractivity contribution >= 4 is 18.4 Å². The fourth-order valence-electron chi connectivity index (χ4n) is 3.16. The predicted octanol–water partition coefficient (Wildman–Crippen LogP) is 4.53. The van der Waals surface area contributed by atoms with E-state index in [4.69, 9.17) is 0 Å². The van der Waals surface area contributed by atoms with Gasteiger partial charge in [-0.05, 0) is 37.4 Å². The second-order valence-corrected chi connectivity index (χ2v) is 6.73. The summed E-state index contributed by atoms with van der Waals surface area (Å²) in [6.45, 7) is 5.46. The van der Waals surface area contributed by atoms with Gasteiger partial charge in [-0.1, -0.05) is 6.92 Å². The number of hydrogen-bond donors (Lipinski definition) is 1. The lowest BCUT2D eigenvalue weighted by atomic mass is 10.1. The second-order valence-electron chi connectivity index (χ2n) is 6.73. The summed E-state index contributed by atoms with van der Waals surface area (Å²) in [7, 11) is 3.18. The van der Waals surface area contributed by atoms with E-state index in [2.05, 4.69) is 32.2 Å². The second kappa shape index (κ2) is 9.16. The Bertz CT molecular complexity index is 1170. The quantitative estimate of drug-likeness (QED) is 0.343. The van der Waals surface area contributed by atoms with Crippen LogP contribution in [0.25, 0.3) is 11.3 Å². The van der Waals surface area contributed by atoms with Gasteiger partial charge in [0, 0.05) is 37.5 Å². The van der Waals surface area contributed by atoms with Crippen LogP contribution in [0.15, 0.2) is 58.5 Å². The molecule has 3 aromatic rings. The molecule has 0 atom stereocenters. The molecule has 0 radical (unpaired) electrons. The van der Waals surface area contributed by atoms with Gasteiger partial charge in [-0.2, -0.15) is 23.4 Å². The number of nitrogens with zero attached hydrogens (tertiary/aromatic N) is 6. The third kappa shape index (κ3) is 4.76. The number of anilines is 1. The molecule has 0 amide bonds. The summed E-state index contributed by atoms with van der Waals surface area (Å²) in [5, 5.41) is 11.3. The standard InChI is InChI=1S/C21H21F4N7/c1-5-16-19(13-6-8-15(22)9-7-13)31(4)30-20(16)29-17(26-2)10-18(27-3)32-12-14(11-28-32)21(23,24)25/h6-12H,2,5H2,1,3-4H3,(H,29,30)/b17-10+,27-18?. The maximum Gasteiger partial charge on any atom is 0.419 e. The lowest BCUT2D eigenvalue weighted by molar-refractivity contribution is -0.137. The van der Waals surface area contributed by atoms with Crippen LogP contribution in [0.3, 0.4) is 0 Å². The Morgan fingerprint density at radius 2 is 1.94 bits per heavy atom. The summed E-state index contributed by atoms with van der Waals surface area (Å²) in [4.78, 5) is 7.90. The number of alkyl halides is 3. The SMILES string of the molecule is C=N/C(=C\C(=NC)n1cc(C(F)(F)F)cn1)Nc1nn(C)c(-c2ccc(F)cc2)c1CC. The molecule has 2 aromatic heterocycles. The Labute approximate surface area is 181 Å². The molecule has 0 spiro atoms. The number of allylic oxidation sites excluding steroid dienone is 1. The smallest absolute Gasteiger partial charge is 0.323 e. The van der Waals surface area contributed by atoms with Crippen LogP contribution in [0.2, 0.25) is 0 Å². The Balaban J connectivity index is 1.95. The summed E-state index contributed by atoms with van der Waals surface area (Å²) >= 11 is 0. The fourth-order valence-corrected chi connectivity index (χ4v) is 3.16. The predicted molar refractivity (Wildman–Crippen MR) is 115 cm³/mol. The molecule has 0 aliphatic carbocycles. The van der Waals surface area contributed by atoms with Crippen molar-refractivity contribution in [3.63, 3.8) is 0 Å². The summed E-state index contributed by atoms with van der Waals surface area (Å²) in [6.07, 6.45) is -0.942. The molecular formula is C21H21F4N7. The largest absolute Gasteiger partial charge is 0.419 e. The van der Waals surface area contributed by atoms with Crippen LogP contribution < -0.4 is 5.32 Å². The van der Waals surface area contributed by atoms with E-state index in [1.807, 2.05) is 6.92 Å². The number of aryl methyl sites for hydroxylation is 1. The Morgan fingerprint density at radius 3 is 2.47 bits per heavy atom. The first-order valence-electron chi connectivity index (χ1n) is 9.54. The minimum Gasteiger partial charge on any atom is -0.323 e. The zero-order chi connectivity index (χ0) is 23.5. The Hall–Kier alpha value is -3.76. The average Bonchev–Trinajstić information content (AvgIpc) is 3.36. The summed E-state index contributed by atoms with van der Waals surface area (Å²) in [6, 6.07) is 6.06. The number of benzene rings is 1. The third-order valence-corrected chi connectivity index (χ3v) is 4.67. The van der Waals surface area contributed by atoms with E-state index in [-0.39, 0.29) is 17.5 Å². The van der Waals surface area contributed by atoms with Crippen LogP contribution in [0.4, 0.5) is 23.4 Å². The van der Waals surface area contributed by atoms with Crippen LogP contribution in [0.5, 0.6) is 0 Å². The minimum absolute atomic E-state index is 0.114. The molecule has 168 valence electrons. The van der Waals surface area contributed by atoms with Gasteiger partial charge >= 0.3 is 6.18 Å². The highest BCUT2D eigenvalue weighted by Gasteiger charge is 2.32. The Kier molecular flexibility index (Phi) is 6.56. The van der Waals surface area contributed by atoms with Crippen LogP contribution in [0.1, 0.15) is 18.1 Å². The van der Waals surface area contributed by atoms with E-state index in [0.29, 0.717) is 12.2 Å². The van der Waals surface area contributed by atoms with E-state index < -0.39 is 11.7 Å². The van der Waals surface area contributed by atoms with Crippen LogP contribution in [-0.4, -0.2) is 39.2 Å². The van der Waals surface area contributed by atoms with Gasteiger partial charge in [-0.15, -0.1) is 0 Å². The molecule has 0 fully saturated rings. The molecular weight excluding hydrogens is 426 g/mol. The van der Waals surface area contributed by atoms with Crippen LogP contribution in [-0.2, 0) is 19.6 Å². The summed E-state index contributed by atoms with van der Waals surface area (Å²) < 4.78 is 54.7. The number of aromatic nitrogens is 4. The zero-order valence-corrected chi connectivity index (χ0v) is 17.7. The molecule has 11 heteroatoms. The monoisotopic (exact) mass is 447 g/mol. The van der Waals surface area contributed by atoms with Gasteiger partial charge < -0.3 is 5.32 Å². The topological polar surface area (TPSA) is 72.4 Å². The van der Waals surface area contributed by atoms with Gasteiger partial charge in [-0.3, -0.25) is 9.67 Å². The molecule has 2 heterocycles. The first-order chi connectivity index (χ1) is 15.2. The molecule has 0 unspecified atom stereocenters. The average molecular weight is 447 g/mol. The van der Waals surface area contributed by atoms with Crippen LogP contribution in [0, 0.1) is 5.82 Å². The fraction of sp³-hybridized carbons (Fsp3) is 0.238. The van der Waals surface area contributed by atoms with Gasteiger partial charge in [0.25, 0.3) is 0 Å². The molecule has 0 aliphatic rings. The summed E-state index contributed by atoms with van der Waals surface area (Å²) in [5.41, 5.74) is 1.54. The van der Waals surface area contributed by atoms with Crippen molar-refractivity contribution in [2.45, 2.75) is 19.5 Å². The molecule has 1 N–H and O–H groups in total. The molecule has 0 bridgehead atoms. The zero-order valence-electron chi connectivity index (χ0n) is 17.7. The van der Waals surface area contributed by atoms with Crippen LogP contribution >= 0.6 is 0 Å². The van der Waals surface area contributed by atoms with E-state index >= 15 is 0 Å². The maximum absolute atomic E-state index is 13.3. The van der Waals surface area contributed by atoms with Crippen molar-refractivity contribution in [3.8, 4) is 11.3 Å². The highest BCUT2D eigenvalue weighted by atomic mass is 19.4. The number of aliphatic imine (C=N–C) groups is 2. The van der Waals surface area contributed by atoms with E-state index in [9.17, 15) is 17.6 Å². The Morgan fingerprint density at radius 1 is 1.25 bits per heavy atom. The lowest BCUT2D eigenvalue weighted by Crippen LogP contribution is -2.13. The molecule has 0 saturated heterocycles. The summed E-state index contributed by atoms with van der Waals surface area (Å²) in [5.74, 6) is 0.475. The highest BCUT2D eigenvalue weighted by molar-refractivity contribution is 5.95. The van der Waals surface area contributed by atoms with Gasteiger partial charge in [-0.25, -0.2) is 14.1 Å². The molecule has 1 aromatic carbocycles. The molecule has 0 saturated carbocycles. The van der Waals surface area contributed by atoms with Gasteiger partial charge in [0.1, 0.15) is 11.6 Å². The van der Waals surface area contributed by atoms with E-state index in [1.165, 1.54) is 25.3 Å². The van der Waals surface area contributed by atoms with Gasteiger partial charge in [0.2, 0.25) is 0 Å². The van der Waals surface area contributed by atoms with Gasteiger partial charge in [0.15, 0.2) is 11.7 Å². The number of nitrogens with one attached hydrogen (secondary N) is 1. The lowest BCUT2D eigenvalue weighted by Gasteiger charge is -2.08. The highest BCUT2D eigenvalue weighted by Crippen LogP contribution is 2.31. The molecule has 7 nitrogen and oxygen atoms in total. The van der Waals surface area contributed by atoms with Crippen molar-refractivity contribution in [3.05, 3.63) is 65.5 Å². The van der Waals surface area contributed by atoms with Crippen molar-refractivity contribution in [2.24, 2.45) is 17.0 Å². The third-order valence-electron chi connectivity index (χ3n) is 4.67. The normalized spacial score (nSPS) is 12.8. The first-order valence-corrected chi connectivity index (χ1v) is 9.54. The first kappa shape index (κ1) is 22.9. The van der Waals surface area contributed by atoms with Crippen molar-refractivity contribution in [2.75, 3.05) is 12.4 Å². The maximum atomic E-state index is 13.3. The number of hydrogen-bond acceptors (Lipinski definition) is 5. The molecule has 0 aliphatic heterocycles. The number of halogens is 4. The van der Waals surface area contributed by atoms with Crippen molar-refractivity contribution < 1.29 is 17.6 Å². The van der Waals surface area contributed by atoms with Crippen molar-refractivity contribution in [1.82, 2.24) is 19.6 Å². The van der Waals surface area contributed by atoms with E-state index in [0.717, 1.165) is 33.9 Å². The molecule has 32 heavy (non-hydrogen) atoms. The van der Waals surface area contributed by atoms with Crippen molar-refractivity contribution in [1.29, 1.82) is 0 Å².